The largest absolute Gasteiger partial charge is 0.456 e. The predicted octanol–water partition coefficient (Wildman–Crippen LogP) is 2.59. The van der Waals surface area contributed by atoms with E-state index in [0.717, 1.165) is 18.4 Å². The van der Waals surface area contributed by atoms with Gasteiger partial charge >= 0.3 is 5.97 Å². The van der Waals surface area contributed by atoms with E-state index < -0.39 is 5.60 Å². The molecule has 0 spiro atoms. The molecule has 0 aliphatic heterocycles. The molecule has 1 atom stereocenters. The normalized spacial score (nSPS) is 18.9. The van der Waals surface area contributed by atoms with Crippen molar-refractivity contribution in [1.82, 2.24) is 0 Å². The van der Waals surface area contributed by atoms with Crippen LogP contribution in [0.3, 0.4) is 0 Å². The topological polar surface area (TPSA) is 52.3 Å². The van der Waals surface area contributed by atoms with Crippen molar-refractivity contribution in [1.29, 1.82) is 0 Å². The van der Waals surface area contributed by atoms with Crippen molar-refractivity contribution in [3.63, 3.8) is 0 Å². The van der Waals surface area contributed by atoms with E-state index in [0.29, 0.717) is 5.56 Å². The molecular weight excluding hydrogens is 214 g/mol. The highest BCUT2D eigenvalue weighted by Gasteiger charge is 2.22. The average Bonchev–Trinajstić information content (AvgIpc) is 2.57. The molecule has 0 bridgehead atoms. The van der Waals surface area contributed by atoms with Crippen LogP contribution in [0.2, 0.25) is 0 Å². The number of hydrogen-bond donors (Lipinski definition) is 1. The summed E-state index contributed by atoms with van der Waals surface area (Å²) in [5.74, 6) is -0.278. The van der Waals surface area contributed by atoms with Crippen LogP contribution in [0.25, 0.3) is 0 Å². The van der Waals surface area contributed by atoms with Gasteiger partial charge in [0.1, 0.15) is 5.60 Å². The third-order valence-electron chi connectivity index (χ3n) is 2.90. The lowest BCUT2D eigenvalue weighted by Gasteiger charge is -2.19. The summed E-state index contributed by atoms with van der Waals surface area (Å²) in [5.41, 5.74) is 8.47. The number of benzene rings is 1. The maximum Gasteiger partial charge on any atom is 0.338 e. The number of aryl methyl sites for hydroxylation is 1. The molecule has 3 nitrogen and oxygen atoms in total. The molecule has 1 aliphatic carbocycles. The molecule has 0 aromatic heterocycles. The molecule has 0 fully saturated rings. The number of carbonyl (C=O) groups is 1. The summed E-state index contributed by atoms with van der Waals surface area (Å²) in [7, 11) is 0. The minimum absolute atomic E-state index is 0.0624. The molecule has 0 unspecified atom stereocenters. The summed E-state index contributed by atoms with van der Waals surface area (Å²) in [6.07, 6.45) is 1.97. The van der Waals surface area contributed by atoms with Gasteiger partial charge in [-0.15, -0.1) is 0 Å². The second kappa shape index (κ2) is 4.15. The Morgan fingerprint density at radius 3 is 2.76 bits per heavy atom. The lowest BCUT2D eigenvalue weighted by atomic mass is 10.0. The molecular formula is C14H19NO2. The number of hydrogen-bond acceptors (Lipinski definition) is 3. The summed E-state index contributed by atoms with van der Waals surface area (Å²) in [5, 5.41) is 0. The van der Waals surface area contributed by atoms with Crippen LogP contribution in [-0.2, 0) is 11.2 Å². The zero-order valence-corrected chi connectivity index (χ0v) is 10.6. The molecule has 2 rings (SSSR count). The van der Waals surface area contributed by atoms with Gasteiger partial charge in [0.25, 0.3) is 0 Å². The fraction of sp³-hybridized carbons (Fsp3) is 0.500. The number of ether oxygens (including phenoxy) is 1. The molecule has 1 aliphatic rings. The minimum atomic E-state index is -0.460. The Morgan fingerprint density at radius 1 is 1.41 bits per heavy atom. The number of esters is 1. The first kappa shape index (κ1) is 12.1. The Morgan fingerprint density at radius 2 is 2.12 bits per heavy atom. The van der Waals surface area contributed by atoms with Crippen LogP contribution in [0.1, 0.15) is 54.7 Å². The molecule has 0 saturated carbocycles. The van der Waals surface area contributed by atoms with Crippen molar-refractivity contribution >= 4 is 5.97 Å². The molecule has 1 aromatic carbocycles. The molecule has 3 heteroatoms. The van der Waals surface area contributed by atoms with Crippen LogP contribution in [-0.4, -0.2) is 11.6 Å². The van der Waals surface area contributed by atoms with E-state index in [1.54, 1.807) is 0 Å². The highest BCUT2D eigenvalue weighted by Crippen LogP contribution is 2.30. The van der Waals surface area contributed by atoms with E-state index >= 15 is 0 Å². The van der Waals surface area contributed by atoms with Crippen molar-refractivity contribution in [2.45, 2.75) is 45.3 Å². The maximum atomic E-state index is 11.9. The van der Waals surface area contributed by atoms with Crippen LogP contribution in [0.4, 0.5) is 0 Å². The third kappa shape index (κ3) is 2.67. The smallest absolute Gasteiger partial charge is 0.338 e. The first-order chi connectivity index (χ1) is 7.87. The highest BCUT2D eigenvalue weighted by molar-refractivity contribution is 5.90. The van der Waals surface area contributed by atoms with Crippen molar-refractivity contribution in [3.05, 3.63) is 34.9 Å². The maximum absolute atomic E-state index is 11.9. The summed E-state index contributed by atoms with van der Waals surface area (Å²) in [6, 6.07) is 5.75. The van der Waals surface area contributed by atoms with E-state index in [1.807, 2.05) is 39.0 Å². The van der Waals surface area contributed by atoms with Crippen LogP contribution < -0.4 is 5.73 Å². The van der Waals surface area contributed by atoms with Crippen LogP contribution in [0.5, 0.6) is 0 Å². The number of rotatable bonds is 1. The fourth-order valence-electron chi connectivity index (χ4n) is 2.10. The predicted molar refractivity (Wildman–Crippen MR) is 66.9 cm³/mol. The van der Waals surface area contributed by atoms with E-state index in [1.165, 1.54) is 5.56 Å². The highest BCUT2D eigenvalue weighted by atomic mass is 16.6. The minimum Gasteiger partial charge on any atom is -0.456 e. The molecule has 0 heterocycles. The van der Waals surface area contributed by atoms with E-state index in [9.17, 15) is 4.79 Å². The lowest BCUT2D eigenvalue weighted by molar-refractivity contribution is 0.00694. The number of fused-ring (bicyclic) bond motifs is 1. The Hall–Kier alpha value is -1.35. The average molecular weight is 233 g/mol. The van der Waals surface area contributed by atoms with Gasteiger partial charge in [-0.05, 0) is 56.9 Å². The fourth-order valence-corrected chi connectivity index (χ4v) is 2.10. The van der Waals surface area contributed by atoms with Crippen molar-refractivity contribution in [2.24, 2.45) is 5.73 Å². The van der Waals surface area contributed by atoms with Crippen molar-refractivity contribution in [2.75, 3.05) is 0 Å². The van der Waals surface area contributed by atoms with Gasteiger partial charge in [0.2, 0.25) is 0 Å². The van der Waals surface area contributed by atoms with E-state index in [-0.39, 0.29) is 12.0 Å². The van der Waals surface area contributed by atoms with Gasteiger partial charge in [-0.1, -0.05) is 6.07 Å². The zero-order chi connectivity index (χ0) is 12.6. The van der Waals surface area contributed by atoms with Crippen molar-refractivity contribution in [3.8, 4) is 0 Å². The monoisotopic (exact) mass is 233 g/mol. The first-order valence-corrected chi connectivity index (χ1v) is 5.98. The van der Waals surface area contributed by atoms with Gasteiger partial charge in [0.05, 0.1) is 5.56 Å². The van der Waals surface area contributed by atoms with Gasteiger partial charge < -0.3 is 10.5 Å². The quantitative estimate of drug-likeness (QED) is 0.758. The van der Waals surface area contributed by atoms with Crippen LogP contribution >= 0.6 is 0 Å². The summed E-state index contributed by atoms with van der Waals surface area (Å²) < 4.78 is 5.34. The summed E-state index contributed by atoms with van der Waals surface area (Å²) in [6.45, 7) is 5.60. The molecule has 92 valence electrons. The lowest BCUT2D eigenvalue weighted by Crippen LogP contribution is -2.24. The van der Waals surface area contributed by atoms with Crippen molar-refractivity contribution < 1.29 is 9.53 Å². The van der Waals surface area contributed by atoms with Crippen LogP contribution in [0, 0.1) is 0 Å². The van der Waals surface area contributed by atoms with Gasteiger partial charge in [0.15, 0.2) is 0 Å². The Balaban J connectivity index is 2.23. The Bertz CT molecular complexity index is 446. The number of carbonyl (C=O) groups excluding carboxylic acids is 1. The Labute approximate surface area is 102 Å². The zero-order valence-electron chi connectivity index (χ0n) is 10.6. The SMILES string of the molecule is CC(C)(C)OC(=O)c1ccc2c(c1)[C@@H](N)CC2. The van der Waals surface area contributed by atoms with E-state index in [2.05, 4.69) is 0 Å². The molecule has 17 heavy (non-hydrogen) atoms. The summed E-state index contributed by atoms with van der Waals surface area (Å²) in [4.78, 5) is 11.9. The van der Waals surface area contributed by atoms with E-state index in [4.69, 9.17) is 10.5 Å². The molecule has 0 amide bonds. The second-order valence-corrected chi connectivity index (χ2v) is 5.56. The van der Waals surface area contributed by atoms with Gasteiger partial charge in [-0.25, -0.2) is 4.79 Å². The molecule has 1 aromatic rings. The van der Waals surface area contributed by atoms with Crippen LogP contribution in [0.15, 0.2) is 18.2 Å². The Kier molecular flexibility index (Phi) is 2.96. The molecule has 0 radical (unpaired) electrons. The van der Waals surface area contributed by atoms with Gasteiger partial charge in [-0.2, -0.15) is 0 Å². The van der Waals surface area contributed by atoms with Gasteiger partial charge in [-0.3, -0.25) is 0 Å². The first-order valence-electron chi connectivity index (χ1n) is 5.98. The molecule has 2 N–H and O–H groups in total. The second-order valence-electron chi connectivity index (χ2n) is 5.56. The number of nitrogens with two attached hydrogens (primary N) is 1. The summed E-state index contributed by atoms with van der Waals surface area (Å²) >= 11 is 0. The van der Waals surface area contributed by atoms with Gasteiger partial charge in [0, 0.05) is 6.04 Å². The molecule has 0 saturated heterocycles. The standard InChI is InChI=1S/C14H19NO2/c1-14(2,3)17-13(16)10-5-4-9-6-7-12(15)11(9)8-10/h4-5,8,12H,6-7,15H2,1-3H3/t12-/m0/s1. The third-order valence-corrected chi connectivity index (χ3v) is 2.90.